The van der Waals surface area contributed by atoms with Crippen molar-refractivity contribution in [3.8, 4) is 0 Å². The summed E-state index contributed by atoms with van der Waals surface area (Å²) in [5.74, 6) is 0. The van der Waals surface area contributed by atoms with E-state index in [-0.39, 0.29) is 0 Å². The Bertz CT molecular complexity index is 90.7. The average Bonchev–Trinajstić information content (AvgIpc) is 1.63. The molecule has 9 heavy (non-hydrogen) atoms. The molecular weight excluding hydrogens is 110 g/mol. The first kappa shape index (κ1) is 8.70. The van der Waals surface area contributed by atoms with Gasteiger partial charge in [-0.2, -0.15) is 0 Å². The zero-order valence-electron chi connectivity index (χ0n) is 6.86. The van der Waals surface area contributed by atoms with Crippen molar-refractivity contribution in [3.63, 3.8) is 0 Å². The lowest BCUT2D eigenvalue weighted by atomic mass is 10.2. The summed E-state index contributed by atoms with van der Waals surface area (Å²) >= 11 is 0. The lowest BCUT2D eigenvalue weighted by Crippen LogP contribution is -2.23. The minimum Gasteiger partial charge on any atom is -0.311 e. The van der Waals surface area contributed by atoms with Crippen molar-refractivity contribution in [1.82, 2.24) is 5.32 Å². The molecule has 1 heteroatoms. The highest BCUT2D eigenvalue weighted by Crippen LogP contribution is 1.92. The molecule has 0 aliphatic heterocycles. The van der Waals surface area contributed by atoms with Crippen LogP contribution >= 0.6 is 0 Å². The molecule has 0 heterocycles. The predicted octanol–water partition coefficient (Wildman–Crippen LogP) is 1.95. The van der Waals surface area contributed by atoms with E-state index in [2.05, 4.69) is 39.1 Å². The molecule has 0 aliphatic carbocycles. The first-order chi connectivity index (χ1) is 4.16. The van der Waals surface area contributed by atoms with E-state index in [1.54, 1.807) is 0 Å². The summed E-state index contributed by atoms with van der Waals surface area (Å²) < 4.78 is 0. The molecular formula is C8H17N. The Balaban J connectivity index is 3.49. The Morgan fingerprint density at radius 2 is 2.11 bits per heavy atom. The molecule has 0 saturated heterocycles. The molecule has 0 amide bonds. The third-order valence-corrected chi connectivity index (χ3v) is 1.11. The van der Waals surface area contributed by atoms with Crippen LogP contribution in [0.15, 0.2) is 11.6 Å². The molecule has 0 aromatic rings. The largest absolute Gasteiger partial charge is 0.311 e. The van der Waals surface area contributed by atoms with Gasteiger partial charge < -0.3 is 5.32 Å². The van der Waals surface area contributed by atoms with Gasteiger partial charge in [0, 0.05) is 6.04 Å². The Hall–Kier alpha value is -0.300. The maximum absolute atomic E-state index is 3.30. The number of nitrogens with one attached hydrogen (secondary N) is 1. The van der Waals surface area contributed by atoms with E-state index in [0.29, 0.717) is 6.04 Å². The van der Waals surface area contributed by atoms with E-state index in [0.717, 1.165) is 6.54 Å². The quantitative estimate of drug-likeness (QED) is 0.571. The Morgan fingerprint density at radius 3 is 2.44 bits per heavy atom. The number of hydrogen-bond acceptors (Lipinski definition) is 1. The molecule has 1 unspecified atom stereocenters. The lowest BCUT2D eigenvalue weighted by Gasteiger charge is -2.06. The standard InChI is InChI=1S/C8H17N/c1-5-9-8(4)6-7(2)3/h6,8-9H,5H2,1-4H3. The molecule has 0 rings (SSSR count). The van der Waals surface area contributed by atoms with Gasteiger partial charge in [0.25, 0.3) is 0 Å². The summed E-state index contributed by atoms with van der Waals surface area (Å²) in [6.45, 7) is 9.57. The fourth-order valence-electron chi connectivity index (χ4n) is 0.881. The summed E-state index contributed by atoms with van der Waals surface area (Å²) in [4.78, 5) is 0. The summed E-state index contributed by atoms with van der Waals surface area (Å²) in [5.41, 5.74) is 1.38. The number of rotatable bonds is 3. The van der Waals surface area contributed by atoms with E-state index in [1.165, 1.54) is 5.57 Å². The zero-order valence-corrected chi connectivity index (χ0v) is 6.86. The van der Waals surface area contributed by atoms with Crippen LogP contribution in [0, 0.1) is 0 Å². The maximum Gasteiger partial charge on any atom is 0.0223 e. The van der Waals surface area contributed by atoms with Crippen LogP contribution in [0.2, 0.25) is 0 Å². The monoisotopic (exact) mass is 127 g/mol. The fraction of sp³-hybridized carbons (Fsp3) is 0.750. The van der Waals surface area contributed by atoms with Crippen molar-refractivity contribution < 1.29 is 0 Å². The minimum atomic E-state index is 0.528. The molecule has 1 nitrogen and oxygen atoms in total. The molecule has 0 aromatic carbocycles. The topological polar surface area (TPSA) is 12.0 Å². The molecule has 54 valence electrons. The fourth-order valence-corrected chi connectivity index (χ4v) is 0.881. The molecule has 0 bridgehead atoms. The van der Waals surface area contributed by atoms with Crippen LogP contribution in [0.4, 0.5) is 0 Å². The highest BCUT2D eigenvalue weighted by Gasteiger charge is 1.90. The Labute approximate surface area is 58.2 Å². The molecule has 0 radical (unpaired) electrons. The van der Waals surface area contributed by atoms with Crippen molar-refractivity contribution >= 4 is 0 Å². The molecule has 0 saturated carbocycles. The number of likely N-dealkylation sites (N-methyl/N-ethyl adjacent to an activating group) is 1. The third-order valence-electron chi connectivity index (χ3n) is 1.11. The van der Waals surface area contributed by atoms with Gasteiger partial charge in [-0.1, -0.05) is 18.6 Å². The van der Waals surface area contributed by atoms with Crippen LogP contribution in [-0.4, -0.2) is 12.6 Å². The van der Waals surface area contributed by atoms with Crippen LogP contribution in [0.1, 0.15) is 27.7 Å². The van der Waals surface area contributed by atoms with Crippen LogP contribution in [0.25, 0.3) is 0 Å². The molecule has 0 aliphatic rings. The first-order valence-corrected chi connectivity index (χ1v) is 3.55. The summed E-state index contributed by atoms with van der Waals surface area (Å²) in [6.07, 6.45) is 2.23. The van der Waals surface area contributed by atoms with Gasteiger partial charge >= 0.3 is 0 Å². The van der Waals surface area contributed by atoms with Crippen molar-refractivity contribution in [2.75, 3.05) is 6.54 Å². The zero-order chi connectivity index (χ0) is 7.28. The van der Waals surface area contributed by atoms with Crippen molar-refractivity contribution in [2.24, 2.45) is 0 Å². The number of allylic oxidation sites excluding steroid dienone is 1. The highest BCUT2D eigenvalue weighted by atomic mass is 14.9. The van der Waals surface area contributed by atoms with Gasteiger partial charge in [0.05, 0.1) is 0 Å². The van der Waals surface area contributed by atoms with Crippen LogP contribution in [0.5, 0.6) is 0 Å². The van der Waals surface area contributed by atoms with Gasteiger partial charge in [-0.25, -0.2) is 0 Å². The molecule has 0 aromatic heterocycles. The smallest absolute Gasteiger partial charge is 0.0223 e. The van der Waals surface area contributed by atoms with Gasteiger partial charge in [-0.3, -0.25) is 0 Å². The molecule has 0 fully saturated rings. The molecule has 1 N–H and O–H groups in total. The predicted molar refractivity (Wildman–Crippen MR) is 42.6 cm³/mol. The van der Waals surface area contributed by atoms with Crippen LogP contribution in [-0.2, 0) is 0 Å². The van der Waals surface area contributed by atoms with E-state index in [4.69, 9.17) is 0 Å². The van der Waals surface area contributed by atoms with Gasteiger partial charge in [0.2, 0.25) is 0 Å². The van der Waals surface area contributed by atoms with E-state index < -0.39 is 0 Å². The highest BCUT2D eigenvalue weighted by molar-refractivity contribution is 4.98. The second-order valence-electron chi connectivity index (χ2n) is 2.59. The number of hydrogen-bond donors (Lipinski definition) is 1. The summed E-state index contributed by atoms with van der Waals surface area (Å²) in [7, 11) is 0. The van der Waals surface area contributed by atoms with Gasteiger partial charge in [-0.05, 0) is 27.3 Å². The third kappa shape index (κ3) is 5.57. The van der Waals surface area contributed by atoms with Gasteiger partial charge in [0.15, 0.2) is 0 Å². The molecule has 0 spiro atoms. The van der Waals surface area contributed by atoms with E-state index in [1.807, 2.05) is 0 Å². The second-order valence-corrected chi connectivity index (χ2v) is 2.59. The van der Waals surface area contributed by atoms with E-state index >= 15 is 0 Å². The summed E-state index contributed by atoms with van der Waals surface area (Å²) in [6, 6.07) is 0.528. The van der Waals surface area contributed by atoms with Crippen molar-refractivity contribution in [1.29, 1.82) is 0 Å². The maximum atomic E-state index is 3.30. The summed E-state index contributed by atoms with van der Waals surface area (Å²) in [5, 5.41) is 3.30. The Morgan fingerprint density at radius 1 is 1.56 bits per heavy atom. The van der Waals surface area contributed by atoms with Crippen molar-refractivity contribution in [2.45, 2.75) is 33.7 Å². The normalized spacial score (nSPS) is 12.9. The van der Waals surface area contributed by atoms with Crippen LogP contribution in [0.3, 0.4) is 0 Å². The SMILES string of the molecule is CCNC(C)C=C(C)C. The lowest BCUT2D eigenvalue weighted by molar-refractivity contribution is 0.657. The van der Waals surface area contributed by atoms with Gasteiger partial charge in [-0.15, -0.1) is 0 Å². The van der Waals surface area contributed by atoms with E-state index in [9.17, 15) is 0 Å². The van der Waals surface area contributed by atoms with Crippen molar-refractivity contribution in [3.05, 3.63) is 11.6 Å². The second kappa shape index (κ2) is 4.57. The van der Waals surface area contributed by atoms with Crippen LogP contribution < -0.4 is 5.32 Å². The Kier molecular flexibility index (Phi) is 4.41. The molecule has 1 atom stereocenters. The van der Waals surface area contributed by atoms with Gasteiger partial charge in [0.1, 0.15) is 0 Å². The minimum absolute atomic E-state index is 0.528. The average molecular weight is 127 g/mol. The first-order valence-electron chi connectivity index (χ1n) is 3.55.